The molecule has 0 aliphatic heterocycles. The fraction of sp³-hybridized carbons (Fsp3) is 0.500. The number of halogens is 2. The molecule has 0 fully saturated rings. The van der Waals surface area contributed by atoms with E-state index < -0.39 is 0 Å². The van der Waals surface area contributed by atoms with E-state index in [1.807, 2.05) is 18.2 Å². The Morgan fingerprint density at radius 2 is 2.06 bits per heavy atom. The molecule has 0 saturated heterocycles. The number of hydrogen-bond donors (Lipinski definition) is 2. The van der Waals surface area contributed by atoms with Crippen LogP contribution in [0.4, 0.5) is 5.69 Å². The third kappa shape index (κ3) is 3.65. The summed E-state index contributed by atoms with van der Waals surface area (Å²) in [6.07, 6.45) is 0. The van der Waals surface area contributed by atoms with Crippen LogP contribution in [0.5, 0.6) is 0 Å². The first-order valence-electron chi connectivity index (χ1n) is 5.26. The summed E-state index contributed by atoms with van der Waals surface area (Å²) in [5.41, 5.74) is 6.93. The minimum atomic E-state index is 0.126. The van der Waals surface area contributed by atoms with Crippen LogP contribution in [0.15, 0.2) is 22.7 Å². The minimum Gasteiger partial charge on any atom is -0.380 e. The Kier molecular flexibility index (Phi) is 4.65. The van der Waals surface area contributed by atoms with Crippen molar-refractivity contribution in [3.63, 3.8) is 0 Å². The Balaban J connectivity index is 2.83. The van der Waals surface area contributed by atoms with Crippen LogP contribution in [0, 0.1) is 5.41 Å². The van der Waals surface area contributed by atoms with Gasteiger partial charge in [-0.2, -0.15) is 0 Å². The van der Waals surface area contributed by atoms with E-state index in [0.29, 0.717) is 11.6 Å². The van der Waals surface area contributed by atoms with Gasteiger partial charge in [0, 0.05) is 22.7 Å². The molecular weight excluding hydrogens is 288 g/mol. The molecule has 1 aromatic carbocycles. The number of nitrogens with two attached hydrogens (primary N) is 1. The number of benzene rings is 1. The summed E-state index contributed by atoms with van der Waals surface area (Å²) in [6.45, 7) is 7.11. The molecule has 1 atom stereocenters. The van der Waals surface area contributed by atoms with Crippen LogP contribution in [0.3, 0.4) is 0 Å². The average Bonchev–Trinajstić information content (AvgIpc) is 2.18. The fourth-order valence-electron chi connectivity index (χ4n) is 1.42. The predicted octanol–water partition coefficient (Wildman–Crippen LogP) is 3.89. The molecule has 0 amide bonds. The molecule has 4 heteroatoms. The van der Waals surface area contributed by atoms with Gasteiger partial charge in [-0.3, -0.25) is 0 Å². The quantitative estimate of drug-likeness (QED) is 0.889. The Morgan fingerprint density at radius 3 is 2.50 bits per heavy atom. The number of nitrogens with one attached hydrogen (secondary N) is 1. The highest BCUT2D eigenvalue weighted by atomic mass is 79.9. The van der Waals surface area contributed by atoms with E-state index in [2.05, 4.69) is 42.0 Å². The van der Waals surface area contributed by atoms with Gasteiger partial charge in [-0.25, -0.2) is 0 Å². The standard InChI is InChI=1S/C12H18BrClN2/c1-12(2,3)11(7-15)16-8-4-5-10(14)9(13)6-8/h4-6,11,16H,7,15H2,1-3H3. The van der Waals surface area contributed by atoms with Crippen LogP contribution in [-0.2, 0) is 0 Å². The summed E-state index contributed by atoms with van der Waals surface area (Å²) < 4.78 is 0.892. The molecule has 3 N–H and O–H groups in total. The highest BCUT2D eigenvalue weighted by Gasteiger charge is 2.22. The highest BCUT2D eigenvalue weighted by molar-refractivity contribution is 9.10. The Bertz CT molecular complexity index is 361. The highest BCUT2D eigenvalue weighted by Crippen LogP contribution is 2.28. The van der Waals surface area contributed by atoms with Crippen LogP contribution in [-0.4, -0.2) is 12.6 Å². The lowest BCUT2D eigenvalue weighted by Gasteiger charge is -2.31. The van der Waals surface area contributed by atoms with Gasteiger partial charge in [-0.15, -0.1) is 0 Å². The number of rotatable bonds is 3. The van der Waals surface area contributed by atoms with Crippen LogP contribution >= 0.6 is 27.5 Å². The van der Waals surface area contributed by atoms with Crippen molar-refractivity contribution in [2.45, 2.75) is 26.8 Å². The molecule has 0 aliphatic rings. The second-order valence-electron chi connectivity index (χ2n) is 4.93. The second-order valence-corrected chi connectivity index (χ2v) is 6.19. The van der Waals surface area contributed by atoms with Crippen LogP contribution in [0.2, 0.25) is 5.02 Å². The summed E-state index contributed by atoms with van der Waals surface area (Å²) in [5, 5.41) is 4.14. The lowest BCUT2D eigenvalue weighted by molar-refractivity contribution is 0.346. The lowest BCUT2D eigenvalue weighted by atomic mass is 9.86. The molecule has 0 heterocycles. The Labute approximate surface area is 111 Å². The van der Waals surface area contributed by atoms with Gasteiger partial charge < -0.3 is 11.1 Å². The van der Waals surface area contributed by atoms with Gasteiger partial charge in [0.1, 0.15) is 0 Å². The van der Waals surface area contributed by atoms with Crippen molar-refractivity contribution in [1.29, 1.82) is 0 Å². The first kappa shape index (κ1) is 13.8. The van der Waals surface area contributed by atoms with Crippen molar-refractivity contribution in [2.24, 2.45) is 11.1 Å². The molecule has 0 aliphatic carbocycles. The molecule has 0 spiro atoms. The van der Waals surface area contributed by atoms with Crippen molar-refractivity contribution >= 4 is 33.2 Å². The van der Waals surface area contributed by atoms with Gasteiger partial charge in [-0.1, -0.05) is 32.4 Å². The van der Waals surface area contributed by atoms with E-state index in [9.17, 15) is 0 Å². The van der Waals surface area contributed by atoms with Crippen LogP contribution in [0.25, 0.3) is 0 Å². The van der Waals surface area contributed by atoms with E-state index in [-0.39, 0.29) is 11.5 Å². The molecule has 1 unspecified atom stereocenters. The predicted molar refractivity (Wildman–Crippen MR) is 75.1 cm³/mol. The zero-order chi connectivity index (χ0) is 12.3. The molecule has 0 radical (unpaired) electrons. The molecule has 1 aromatic rings. The molecule has 90 valence electrons. The second kappa shape index (κ2) is 5.39. The maximum atomic E-state index is 5.94. The lowest BCUT2D eigenvalue weighted by Crippen LogP contribution is -2.40. The smallest absolute Gasteiger partial charge is 0.0549 e. The van der Waals surface area contributed by atoms with Gasteiger partial charge in [0.15, 0.2) is 0 Å². The average molecular weight is 306 g/mol. The van der Waals surface area contributed by atoms with Crippen molar-refractivity contribution < 1.29 is 0 Å². The largest absolute Gasteiger partial charge is 0.380 e. The fourth-order valence-corrected chi connectivity index (χ4v) is 1.91. The molecule has 1 rings (SSSR count). The van der Waals surface area contributed by atoms with Crippen molar-refractivity contribution in [3.05, 3.63) is 27.7 Å². The number of anilines is 1. The van der Waals surface area contributed by atoms with E-state index in [0.717, 1.165) is 10.2 Å². The van der Waals surface area contributed by atoms with Crippen molar-refractivity contribution in [1.82, 2.24) is 0 Å². The Morgan fingerprint density at radius 1 is 1.44 bits per heavy atom. The van der Waals surface area contributed by atoms with E-state index >= 15 is 0 Å². The molecule has 0 saturated carbocycles. The van der Waals surface area contributed by atoms with Crippen molar-refractivity contribution in [3.8, 4) is 0 Å². The number of hydrogen-bond acceptors (Lipinski definition) is 2. The normalized spacial score (nSPS) is 13.6. The van der Waals surface area contributed by atoms with Gasteiger partial charge in [0.25, 0.3) is 0 Å². The third-order valence-electron chi connectivity index (χ3n) is 2.54. The summed E-state index contributed by atoms with van der Waals surface area (Å²) in [5.74, 6) is 0. The van der Waals surface area contributed by atoms with Crippen LogP contribution < -0.4 is 11.1 Å². The topological polar surface area (TPSA) is 38.0 Å². The molecule has 2 nitrogen and oxygen atoms in total. The first-order valence-corrected chi connectivity index (χ1v) is 6.43. The molecular formula is C12H18BrClN2. The third-order valence-corrected chi connectivity index (χ3v) is 3.76. The van der Waals surface area contributed by atoms with Crippen LogP contribution in [0.1, 0.15) is 20.8 Å². The van der Waals surface area contributed by atoms with E-state index in [1.54, 1.807) is 0 Å². The minimum absolute atomic E-state index is 0.126. The monoisotopic (exact) mass is 304 g/mol. The van der Waals surface area contributed by atoms with Gasteiger partial charge in [-0.05, 0) is 39.5 Å². The maximum absolute atomic E-state index is 5.94. The first-order chi connectivity index (χ1) is 7.34. The SMILES string of the molecule is CC(C)(C)C(CN)Nc1ccc(Cl)c(Br)c1. The molecule has 0 bridgehead atoms. The summed E-state index contributed by atoms with van der Waals surface area (Å²) in [4.78, 5) is 0. The summed E-state index contributed by atoms with van der Waals surface area (Å²) >= 11 is 9.35. The summed E-state index contributed by atoms with van der Waals surface area (Å²) in [7, 11) is 0. The van der Waals surface area contributed by atoms with Crippen molar-refractivity contribution in [2.75, 3.05) is 11.9 Å². The van der Waals surface area contributed by atoms with Gasteiger partial charge in [0.05, 0.1) is 5.02 Å². The maximum Gasteiger partial charge on any atom is 0.0549 e. The van der Waals surface area contributed by atoms with E-state index in [4.69, 9.17) is 17.3 Å². The zero-order valence-corrected chi connectivity index (χ0v) is 12.2. The summed E-state index contributed by atoms with van der Waals surface area (Å²) in [6, 6.07) is 6.03. The van der Waals surface area contributed by atoms with Gasteiger partial charge in [0.2, 0.25) is 0 Å². The van der Waals surface area contributed by atoms with Gasteiger partial charge >= 0.3 is 0 Å². The zero-order valence-electron chi connectivity index (χ0n) is 9.85. The van der Waals surface area contributed by atoms with E-state index in [1.165, 1.54) is 0 Å². The Hall–Kier alpha value is -0.250. The molecule has 0 aromatic heterocycles. The molecule has 16 heavy (non-hydrogen) atoms.